The Kier molecular flexibility index (Phi) is 7.01. The van der Waals surface area contributed by atoms with Crippen molar-refractivity contribution in [3.05, 3.63) is 71.3 Å². The lowest BCUT2D eigenvalue weighted by molar-refractivity contribution is -0.135. The van der Waals surface area contributed by atoms with Crippen molar-refractivity contribution in [2.45, 2.75) is 38.6 Å². The molecule has 0 fully saturated rings. The second-order valence-electron chi connectivity index (χ2n) is 9.15. The molecule has 2 N–H and O–H groups in total. The van der Waals surface area contributed by atoms with Crippen LogP contribution in [0.5, 0.6) is 0 Å². The molecule has 7 heteroatoms. The Morgan fingerprint density at radius 3 is 2.21 bits per heavy atom. The molecule has 178 valence electrons. The minimum atomic E-state index is -0.941. The molecule has 1 heterocycles. The summed E-state index contributed by atoms with van der Waals surface area (Å²) >= 11 is 0. The average Bonchev–Trinajstić information content (AvgIpc) is 3.16. The number of aliphatic carboxylic acids is 1. The number of carboxylic acids is 1. The topological polar surface area (TPSA) is 95.9 Å². The van der Waals surface area contributed by atoms with Crippen LogP contribution >= 0.6 is 0 Å². The number of alkyl carbamates (subject to hydrolysis) is 1. The number of hydrogen-bond acceptors (Lipinski definition) is 4. The Bertz CT molecular complexity index is 1080. The molecule has 2 amide bonds. The Labute approximate surface area is 199 Å². The molecular formula is C27H30N2O5. The van der Waals surface area contributed by atoms with Gasteiger partial charge < -0.3 is 20.1 Å². The standard InChI is InChI=1S/C27H30N2O5/c1-17(2)24(15-25(30)29-13-11-18(12-14-29)26(31)32)28-27(33)34-16-23-21-9-5-3-7-19(21)20-8-4-6-10-22(20)23/h3-11,17,23-24H,12-16H2,1-2H3,(H,28,33)(H,31,32)/t24-/m1/s1. The molecule has 4 rings (SSSR count). The van der Waals surface area contributed by atoms with E-state index in [1.165, 1.54) is 11.1 Å². The highest BCUT2D eigenvalue weighted by Gasteiger charge is 2.30. The molecule has 0 radical (unpaired) electrons. The molecule has 7 nitrogen and oxygen atoms in total. The first-order valence-corrected chi connectivity index (χ1v) is 11.7. The van der Waals surface area contributed by atoms with Crippen LogP contribution in [0, 0.1) is 5.92 Å². The zero-order valence-electron chi connectivity index (χ0n) is 19.5. The van der Waals surface area contributed by atoms with Crippen molar-refractivity contribution >= 4 is 18.0 Å². The van der Waals surface area contributed by atoms with Gasteiger partial charge in [0, 0.05) is 37.0 Å². The number of hydrogen-bond donors (Lipinski definition) is 2. The van der Waals surface area contributed by atoms with E-state index in [-0.39, 0.29) is 43.4 Å². The van der Waals surface area contributed by atoms with E-state index in [9.17, 15) is 14.4 Å². The van der Waals surface area contributed by atoms with E-state index in [2.05, 4.69) is 29.6 Å². The first-order chi connectivity index (χ1) is 16.3. The summed E-state index contributed by atoms with van der Waals surface area (Å²) < 4.78 is 5.64. The highest BCUT2D eigenvalue weighted by molar-refractivity contribution is 5.87. The molecule has 1 aliphatic carbocycles. The van der Waals surface area contributed by atoms with Crippen molar-refractivity contribution < 1.29 is 24.2 Å². The number of carbonyl (C=O) groups is 3. The number of nitrogens with zero attached hydrogens (tertiary/aromatic N) is 1. The molecule has 0 bridgehead atoms. The third-order valence-corrected chi connectivity index (χ3v) is 6.68. The zero-order valence-corrected chi connectivity index (χ0v) is 19.5. The molecule has 0 unspecified atom stereocenters. The van der Waals surface area contributed by atoms with Gasteiger partial charge in [0.25, 0.3) is 0 Å². The number of fused-ring (bicyclic) bond motifs is 3. The molecule has 1 atom stereocenters. The van der Waals surface area contributed by atoms with Crippen LogP contribution in [0.2, 0.25) is 0 Å². The van der Waals surface area contributed by atoms with E-state index in [1.54, 1.807) is 11.0 Å². The Morgan fingerprint density at radius 2 is 1.68 bits per heavy atom. The van der Waals surface area contributed by atoms with Crippen LogP contribution < -0.4 is 5.32 Å². The van der Waals surface area contributed by atoms with Gasteiger partial charge in [-0.3, -0.25) is 4.79 Å². The average molecular weight is 463 g/mol. The van der Waals surface area contributed by atoms with Crippen molar-refractivity contribution in [1.29, 1.82) is 0 Å². The fourth-order valence-electron chi connectivity index (χ4n) is 4.65. The number of carbonyl (C=O) groups excluding carboxylic acids is 2. The van der Waals surface area contributed by atoms with Gasteiger partial charge in [0.2, 0.25) is 5.91 Å². The Hall–Kier alpha value is -3.61. The molecule has 0 spiro atoms. The van der Waals surface area contributed by atoms with Crippen LogP contribution in [0.3, 0.4) is 0 Å². The summed E-state index contributed by atoms with van der Waals surface area (Å²) in [4.78, 5) is 38.2. The summed E-state index contributed by atoms with van der Waals surface area (Å²) in [6.07, 6.45) is 1.50. The van der Waals surface area contributed by atoms with Crippen LogP contribution in [-0.4, -0.2) is 53.7 Å². The van der Waals surface area contributed by atoms with Gasteiger partial charge in [-0.2, -0.15) is 0 Å². The molecule has 2 aliphatic rings. The normalized spacial score (nSPS) is 15.9. The lowest BCUT2D eigenvalue weighted by atomic mass is 9.98. The van der Waals surface area contributed by atoms with Crippen molar-refractivity contribution in [3.63, 3.8) is 0 Å². The maximum atomic E-state index is 12.8. The third-order valence-electron chi connectivity index (χ3n) is 6.68. The fraction of sp³-hybridized carbons (Fsp3) is 0.370. The van der Waals surface area contributed by atoms with E-state index >= 15 is 0 Å². The van der Waals surface area contributed by atoms with E-state index < -0.39 is 12.1 Å². The number of ether oxygens (including phenoxy) is 1. The molecule has 0 saturated carbocycles. The first-order valence-electron chi connectivity index (χ1n) is 11.7. The zero-order chi connectivity index (χ0) is 24.2. The number of nitrogens with one attached hydrogen (secondary N) is 1. The number of carboxylic acid groups (broad SMARTS) is 1. The van der Waals surface area contributed by atoms with Crippen molar-refractivity contribution in [1.82, 2.24) is 10.2 Å². The van der Waals surface area contributed by atoms with E-state index in [1.807, 2.05) is 38.1 Å². The van der Waals surface area contributed by atoms with Gasteiger partial charge in [-0.1, -0.05) is 68.5 Å². The van der Waals surface area contributed by atoms with Gasteiger partial charge in [0.05, 0.1) is 0 Å². The quantitative estimate of drug-likeness (QED) is 0.644. The summed E-state index contributed by atoms with van der Waals surface area (Å²) in [5, 5.41) is 12.0. The highest BCUT2D eigenvalue weighted by atomic mass is 16.5. The van der Waals surface area contributed by atoms with Crippen LogP contribution in [0.25, 0.3) is 11.1 Å². The smallest absolute Gasteiger partial charge is 0.407 e. The summed E-state index contributed by atoms with van der Waals surface area (Å²) in [6.45, 7) is 4.75. The van der Waals surface area contributed by atoms with Gasteiger partial charge in [-0.15, -0.1) is 0 Å². The van der Waals surface area contributed by atoms with Crippen LogP contribution in [-0.2, 0) is 14.3 Å². The van der Waals surface area contributed by atoms with Gasteiger partial charge in [0.15, 0.2) is 0 Å². The first kappa shape index (κ1) is 23.5. The maximum Gasteiger partial charge on any atom is 0.407 e. The molecule has 0 saturated heterocycles. The van der Waals surface area contributed by atoms with Crippen LogP contribution in [0.1, 0.15) is 43.7 Å². The van der Waals surface area contributed by atoms with Gasteiger partial charge in [-0.25, -0.2) is 9.59 Å². The van der Waals surface area contributed by atoms with E-state index in [0.717, 1.165) is 11.1 Å². The molecule has 2 aromatic carbocycles. The molecule has 2 aromatic rings. The summed E-state index contributed by atoms with van der Waals surface area (Å²) in [7, 11) is 0. The van der Waals surface area contributed by atoms with Gasteiger partial charge in [-0.05, 0) is 34.6 Å². The predicted octanol–water partition coefficient (Wildman–Crippen LogP) is 4.18. The van der Waals surface area contributed by atoms with E-state index in [4.69, 9.17) is 9.84 Å². The third kappa shape index (κ3) is 4.98. The largest absolute Gasteiger partial charge is 0.478 e. The summed E-state index contributed by atoms with van der Waals surface area (Å²) in [5.41, 5.74) is 4.96. The van der Waals surface area contributed by atoms with Gasteiger partial charge >= 0.3 is 12.1 Å². The van der Waals surface area contributed by atoms with Crippen LogP contribution in [0.4, 0.5) is 4.79 Å². The summed E-state index contributed by atoms with van der Waals surface area (Å²) in [6, 6.07) is 15.9. The van der Waals surface area contributed by atoms with E-state index in [0.29, 0.717) is 18.5 Å². The monoisotopic (exact) mass is 462 g/mol. The van der Waals surface area contributed by atoms with Crippen LogP contribution in [0.15, 0.2) is 60.2 Å². The molecule has 0 aromatic heterocycles. The summed E-state index contributed by atoms with van der Waals surface area (Å²) in [5.74, 6) is -1.05. The second kappa shape index (κ2) is 10.1. The van der Waals surface area contributed by atoms with Gasteiger partial charge in [0.1, 0.15) is 6.61 Å². The molecular weight excluding hydrogens is 432 g/mol. The number of rotatable bonds is 7. The van der Waals surface area contributed by atoms with Crippen molar-refractivity contribution in [3.8, 4) is 11.1 Å². The van der Waals surface area contributed by atoms with Crippen molar-refractivity contribution in [2.75, 3.05) is 19.7 Å². The lowest BCUT2D eigenvalue weighted by Gasteiger charge is -2.29. The Balaban J connectivity index is 1.35. The second-order valence-corrected chi connectivity index (χ2v) is 9.15. The number of amides is 2. The minimum Gasteiger partial charge on any atom is -0.478 e. The Morgan fingerprint density at radius 1 is 1.06 bits per heavy atom. The van der Waals surface area contributed by atoms with Crippen molar-refractivity contribution in [2.24, 2.45) is 5.92 Å². The number of benzene rings is 2. The highest BCUT2D eigenvalue weighted by Crippen LogP contribution is 2.44. The molecule has 1 aliphatic heterocycles. The lowest BCUT2D eigenvalue weighted by Crippen LogP contribution is -2.44. The fourth-order valence-corrected chi connectivity index (χ4v) is 4.65. The minimum absolute atomic E-state index is 0.0270. The predicted molar refractivity (Wildman–Crippen MR) is 128 cm³/mol. The SMILES string of the molecule is CC(C)[C@@H](CC(=O)N1CC=C(C(=O)O)CC1)NC(=O)OCC1c2ccccc2-c2ccccc21. The maximum absolute atomic E-state index is 12.8. The molecule has 34 heavy (non-hydrogen) atoms.